The first-order valence-corrected chi connectivity index (χ1v) is 13.4. The van der Waals surface area contributed by atoms with E-state index in [9.17, 15) is 4.79 Å². The average molecular weight is 533 g/mol. The largest absolute Gasteiger partial charge is 0.382 e. The third kappa shape index (κ3) is 5.51. The summed E-state index contributed by atoms with van der Waals surface area (Å²) in [6.07, 6.45) is 3.76. The lowest BCUT2D eigenvalue weighted by molar-refractivity contribution is 0.0781. The lowest BCUT2D eigenvalue weighted by Crippen LogP contribution is -2.28. The molecule has 198 valence electrons. The zero-order valence-electron chi connectivity index (χ0n) is 22.3. The number of ether oxygens (including phenoxy) is 1. The third-order valence-electron chi connectivity index (χ3n) is 7.05. The van der Waals surface area contributed by atoms with E-state index in [1.54, 1.807) is 24.1 Å². The van der Waals surface area contributed by atoms with Crippen molar-refractivity contribution >= 4 is 34.1 Å². The van der Waals surface area contributed by atoms with E-state index in [4.69, 9.17) is 26.3 Å². The fraction of sp³-hybridized carbons (Fsp3) is 0.379. The van der Waals surface area contributed by atoms with Crippen LogP contribution >= 0.6 is 11.6 Å². The first-order chi connectivity index (χ1) is 18.3. The number of halogens is 1. The molecule has 0 saturated carbocycles. The van der Waals surface area contributed by atoms with E-state index in [1.165, 1.54) is 0 Å². The van der Waals surface area contributed by atoms with Gasteiger partial charge >= 0.3 is 0 Å². The molecule has 1 amide bonds. The molecule has 1 aliphatic rings. The van der Waals surface area contributed by atoms with E-state index >= 15 is 0 Å². The van der Waals surface area contributed by atoms with Crippen LogP contribution in [0.2, 0.25) is 5.02 Å². The number of amides is 1. The van der Waals surface area contributed by atoms with Crippen molar-refractivity contribution in [2.75, 3.05) is 25.6 Å². The fourth-order valence-corrected chi connectivity index (χ4v) is 5.11. The molecule has 8 nitrogen and oxygen atoms in total. The van der Waals surface area contributed by atoms with Gasteiger partial charge in [-0.2, -0.15) is 5.10 Å². The normalized spacial score (nSPS) is 14.1. The van der Waals surface area contributed by atoms with Gasteiger partial charge in [-0.25, -0.2) is 9.97 Å². The highest BCUT2D eigenvalue weighted by Crippen LogP contribution is 2.28. The lowest BCUT2D eigenvalue weighted by Gasteiger charge is -2.24. The van der Waals surface area contributed by atoms with Crippen LogP contribution in [0.15, 0.2) is 42.6 Å². The van der Waals surface area contributed by atoms with Crippen LogP contribution in [0.3, 0.4) is 0 Å². The van der Waals surface area contributed by atoms with Gasteiger partial charge in [0, 0.05) is 72.3 Å². The van der Waals surface area contributed by atoms with E-state index in [1.807, 2.05) is 36.9 Å². The summed E-state index contributed by atoms with van der Waals surface area (Å²) in [5.74, 6) is 0.308. The number of carbonyl (C=O) groups excluding carboxylic acids is 1. The van der Waals surface area contributed by atoms with Gasteiger partial charge in [0.05, 0.1) is 11.7 Å². The predicted molar refractivity (Wildman–Crippen MR) is 151 cm³/mol. The van der Waals surface area contributed by atoms with E-state index in [0.717, 1.165) is 60.7 Å². The van der Waals surface area contributed by atoms with Crippen LogP contribution in [0.4, 0.5) is 5.69 Å². The molecule has 4 aromatic rings. The number of aromatic nitrogens is 4. The number of aryl methyl sites for hydroxylation is 2. The van der Waals surface area contributed by atoms with E-state index in [2.05, 4.69) is 29.5 Å². The van der Waals surface area contributed by atoms with Gasteiger partial charge < -0.3 is 15.0 Å². The second kappa shape index (κ2) is 11.1. The molecule has 2 aromatic heterocycles. The number of hydrogen-bond donors (Lipinski definition) is 1. The minimum Gasteiger partial charge on any atom is -0.382 e. The highest BCUT2D eigenvalue weighted by atomic mass is 35.5. The summed E-state index contributed by atoms with van der Waals surface area (Å²) >= 11 is 6.33. The maximum atomic E-state index is 13.8. The van der Waals surface area contributed by atoms with Crippen LogP contribution in [0.25, 0.3) is 22.3 Å². The molecule has 9 heteroatoms. The van der Waals surface area contributed by atoms with Gasteiger partial charge in [-0.05, 0) is 75.6 Å². The molecule has 1 fully saturated rings. The van der Waals surface area contributed by atoms with Crippen LogP contribution in [-0.2, 0) is 17.8 Å². The Morgan fingerprint density at radius 2 is 1.95 bits per heavy atom. The predicted octanol–water partition coefficient (Wildman–Crippen LogP) is 5.65. The molecule has 0 atom stereocenters. The van der Waals surface area contributed by atoms with Gasteiger partial charge in [0.2, 0.25) is 0 Å². The van der Waals surface area contributed by atoms with Gasteiger partial charge in [0.1, 0.15) is 5.69 Å². The second-order valence-corrected chi connectivity index (χ2v) is 10.3. The molecule has 38 heavy (non-hydrogen) atoms. The summed E-state index contributed by atoms with van der Waals surface area (Å²) in [6, 6.07) is 12.0. The summed E-state index contributed by atoms with van der Waals surface area (Å²) in [5, 5.41) is 9.21. The van der Waals surface area contributed by atoms with Crippen molar-refractivity contribution in [2.24, 2.45) is 0 Å². The maximum Gasteiger partial charge on any atom is 0.273 e. The van der Waals surface area contributed by atoms with Gasteiger partial charge in [0.15, 0.2) is 5.82 Å². The highest BCUT2D eigenvalue weighted by Gasteiger charge is 2.22. The highest BCUT2D eigenvalue weighted by molar-refractivity contribution is 6.31. The SMILES string of the molecule is CCn1ncc(CN(C)C(=O)c2nc(-c3cc(C)cc(NC4CCOCC4)c3)nc3ccc(Cl)cc23)c1C. The number of rotatable bonds is 7. The van der Waals surface area contributed by atoms with Crippen LogP contribution in [-0.4, -0.2) is 56.9 Å². The number of nitrogens with zero attached hydrogens (tertiary/aromatic N) is 5. The van der Waals surface area contributed by atoms with Crippen molar-refractivity contribution in [1.29, 1.82) is 0 Å². The molecule has 3 heterocycles. The van der Waals surface area contributed by atoms with Gasteiger partial charge in [-0.1, -0.05) is 11.6 Å². The van der Waals surface area contributed by atoms with Crippen molar-refractivity contribution < 1.29 is 9.53 Å². The Morgan fingerprint density at radius 3 is 2.68 bits per heavy atom. The summed E-state index contributed by atoms with van der Waals surface area (Å²) in [4.78, 5) is 25.1. The Balaban J connectivity index is 1.51. The molecule has 0 unspecified atom stereocenters. The summed E-state index contributed by atoms with van der Waals surface area (Å²) < 4.78 is 7.43. The van der Waals surface area contributed by atoms with Crippen molar-refractivity contribution in [3.05, 3.63) is 70.1 Å². The Bertz CT molecular complexity index is 1480. The Labute approximate surface area is 228 Å². The molecular weight excluding hydrogens is 500 g/mol. The van der Waals surface area contributed by atoms with Crippen LogP contribution in [0, 0.1) is 13.8 Å². The second-order valence-electron chi connectivity index (χ2n) is 9.91. The van der Waals surface area contributed by atoms with Crippen molar-refractivity contribution in [2.45, 2.75) is 52.7 Å². The average Bonchev–Trinajstić information content (AvgIpc) is 3.26. The zero-order chi connectivity index (χ0) is 26.8. The topological polar surface area (TPSA) is 85.2 Å². The minimum atomic E-state index is -0.197. The summed E-state index contributed by atoms with van der Waals surface area (Å²) in [5.41, 5.74) is 6.01. The molecular formula is C29H33ClN6O2. The molecule has 0 aliphatic carbocycles. The van der Waals surface area contributed by atoms with Crippen molar-refractivity contribution in [3.8, 4) is 11.4 Å². The number of anilines is 1. The van der Waals surface area contributed by atoms with Crippen molar-refractivity contribution in [3.63, 3.8) is 0 Å². The lowest BCUT2D eigenvalue weighted by atomic mass is 10.1. The van der Waals surface area contributed by atoms with Crippen molar-refractivity contribution in [1.82, 2.24) is 24.6 Å². The van der Waals surface area contributed by atoms with Crippen LogP contribution in [0.5, 0.6) is 0 Å². The summed E-state index contributed by atoms with van der Waals surface area (Å²) in [6.45, 7) is 8.87. The number of nitrogens with one attached hydrogen (secondary N) is 1. The molecule has 0 radical (unpaired) electrons. The Morgan fingerprint density at radius 1 is 1.16 bits per heavy atom. The van der Waals surface area contributed by atoms with Crippen LogP contribution in [0.1, 0.15) is 47.1 Å². The quantitative estimate of drug-likeness (QED) is 0.331. The zero-order valence-corrected chi connectivity index (χ0v) is 23.0. The van der Waals surface area contributed by atoms with E-state index in [-0.39, 0.29) is 5.91 Å². The Hall–Kier alpha value is -3.49. The fourth-order valence-electron chi connectivity index (χ4n) is 4.93. The number of fused-ring (bicyclic) bond motifs is 1. The standard InChI is InChI=1S/C29H33ClN6O2/c1-5-36-19(3)21(16-31-36)17-35(4)29(37)27-25-15-22(30)6-7-26(25)33-28(34-27)20-12-18(2)13-24(14-20)32-23-8-10-38-11-9-23/h6-7,12-16,23,32H,5,8-11,17H2,1-4H3. The van der Waals surface area contributed by atoms with Gasteiger partial charge in [-0.3, -0.25) is 9.48 Å². The number of benzene rings is 2. The van der Waals surface area contributed by atoms with Gasteiger partial charge in [-0.15, -0.1) is 0 Å². The smallest absolute Gasteiger partial charge is 0.273 e. The van der Waals surface area contributed by atoms with E-state index < -0.39 is 0 Å². The first-order valence-electron chi connectivity index (χ1n) is 13.0. The van der Waals surface area contributed by atoms with Crippen LogP contribution < -0.4 is 5.32 Å². The molecule has 1 aliphatic heterocycles. The summed E-state index contributed by atoms with van der Waals surface area (Å²) in [7, 11) is 1.78. The number of carbonyl (C=O) groups is 1. The molecule has 1 N–H and O–H groups in total. The molecule has 0 spiro atoms. The molecule has 0 bridgehead atoms. The molecule has 1 saturated heterocycles. The van der Waals surface area contributed by atoms with Gasteiger partial charge in [0.25, 0.3) is 5.91 Å². The third-order valence-corrected chi connectivity index (χ3v) is 7.28. The Kier molecular flexibility index (Phi) is 7.63. The monoisotopic (exact) mass is 532 g/mol. The molecule has 2 aromatic carbocycles. The molecule has 5 rings (SSSR count). The van der Waals surface area contributed by atoms with E-state index in [0.29, 0.717) is 40.0 Å². The first kappa shape index (κ1) is 26.1. The number of hydrogen-bond acceptors (Lipinski definition) is 6. The maximum absolute atomic E-state index is 13.8. The minimum absolute atomic E-state index is 0.197.